The number of carbonyl (C=O) groups is 9. The third kappa shape index (κ3) is 14.7. The van der Waals surface area contributed by atoms with Crippen molar-refractivity contribution in [1.29, 1.82) is 0 Å². The molecular formula is C38H56N8O10. The molecule has 3 rings (SSSR count). The summed E-state index contributed by atoms with van der Waals surface area (Å²) >= 11 is 0. The molecule has 1 heterocycles. The molecule has 0 radical (unpaired) electrons. The van der Waals surface area contributed by atoms with Crippen molar-refractivity contribution in [2.45, 2.75) is 121 Å². The fourth-order valence-corrected chi connectivity index (χ4v) is 6.72. The average Bonchev–Trinajstić information content (AvgIpc) is 3.18. The number of nitrogens with one attached hydrogen (secondary N) is 7. The quantitative estimate of drug-likeness (QED) is 0.108. The molecule has 0 bridgehead atoms. The first-order chi connectivity index (χ1) is 26.8. The van der Waals surface area contributed by atoms with Gasteiger partial charge in [0.05, 0.1) is 19.2 Å². The van der Waals surface area contributed by atoms with Gasteiger partial charge in [-0.2, -0.15) is 0 Å². The van der Waals surface area contributed by atoms with Gasteiger partial charge in [0.15, 0.2) is 0 Å². The maximum Gasteiger partial charge on any atom is 0.290 e. The Morgan fingerprint density at radius 2 is 1.50 bits per heavy atom. The molecule has 56 heavy (non-hydrogen) atoms. The predicted octanol–water partition coefficient (Wildman–Crippen LogP) is -1.20. The molecule has 1 aliphatic heterocycles. The fraction of sp³-hybridized carbons (Fsp3) is 0.605. The van der Waals surface area contributed by atoms with Gasteiger partial charge in [-0.15, -0.1) is 0 Å². The van der Waals surface area contributed by atoms with Gasteiger partial charge >= 0.3 is 0 Å². The average molecular weight is 785 g/mol. The Morgan fingerprint density at radius 1 is 0.821 bits per heavy atom. The highest BCUT2D eigenvalue weighted by molar-refractivity contribution is 6.38. The summed E-state index contributed by atoms with van der Waals surface area (Å²) < 4.78 is 0. The summed E-state index contributed by atoms with van der Waals surface area (Å²) in [5, 5.41) is 27.8. The zero-order valence-corrected chi connectivity index (χ0v) is 31.9. The molecule has 1 saturated carbocycles. The summed E-state index contributed by atoms with van der Waals surface area (Å²) in [7, 11) is 0. The summed E-state index contributed by atoms with van der Waals surface area (Å²) in [6.07, 6.45) is 5.28. The SMILES string of the molecule is CCCC(NC(=O)[C@@H]1CCCCNC(=O)CCCC(=O)N[C@H](CO)C(=O)N[C@@H](C2CCCCC2)C(=O)N1)C(=O)C(=O)NCC(=O)N[C@H](C(N)=O)c1ccccc1. The van der Waals surface area contributed by atoms with Crippen LogP contribution >= 0.6 is 0 Å². The number of hydrogen-bond acceptors (Lipinski definition) is 10. The first-order valence-electron chi connectivity index (χ1n) is 19.4. The number of Topliss-reactive ketones (excluding diaryl/α,β-unsaturated/α-hetero) is 1. The molecule has 1 unspecified atom stereocenters. The second-order valence-corrected chi connectivity index (χ2v) is 14.2. The van der Waals surface area contributed by atoms with Crippen molar-refractivity contribution < 1.29 is 48.3 Å². The van der Waals surface area contributed by atoms with Crippen LogP contribution in [0.5, 0.6) is 0 Å². The van der Waals surface area contributed by atoms with Gasteiger partial charge in [-0.25, -0.2) is 0 Å². The molecule has 2 aliphatic rings. The molecule has 10 N–H and O–H groups in total. The smallest absolute Gasteiger partial charge is 0.290 e. The minimum absolute atomic E-state index is 0.0453. The molecular weight excluding hydrogens is 728 g/mol. The maximum absolute atomic E-state index is 14.0. The van der Waals surface area contributed by atoms with E-state index < -0.39 is 90.5 Å². The summed E-state index contributed by atoms with van der Waals surface area (Å²) in [5.41, 5.74) is 5.87. The summed E-state index contributed by atoms with van der Waals surface area (Å²) in [4.78, 5) is 117. The zero-order valence-electron chi connectivity index (χ0n) is 31.9. The van der Waals surface area contributed by atoms with Crippen molar-refractivity contribution in [2.24, 2.45) is 11.7 Å². The van der Waals surface area contributed by atoms with E-state index in [4.69, 9.17) is 5.73 Å². The van der Waals surface area contributed by atoms with E-state index in [2.05, 4.69) is 37.2 Å². The van der Waals surface area contributed by atoms with E-state index in [0.29, 0.717) is 37.7 Å². The highest BCUT2D eigenvalue weighted by Crippen LogP contribution is 2.27. The van der Waals surface area contributed by atoms with Gasteiger partial charge < -0.3 is 48.1 Å². The molecule has 1 saturated heterocycles. The highest BCUT2D eigenvalue weighted by Gasteiger charge is 2.36. The molecule has 1 aromatic carbocycles. The lowest BCUT2D eigenvalue weighted by Gasteiger charge is -2.32. The van der Waals surface area contributed by atoms with Gasteiger partial charge in [-0.1, -0.05) is 62.9 Å². The molecule has 5 atom stereocenters. The van der Waals surface area contributed by atoms with Crippen molar-refractivity contribution in [2.75, 3.05) is 19.7 Å². The predicted molar refractivity (Wildman–Crippen MR) is 202 cm³/mol. The molecule has 18 nitrogen and oxygen atoms in total. The molecule has 2 fully saturated rings. The van der Waals surface area contributed by atoms with Crippen molar-refractivity contribution in [3.05, 3.63) is 35.9 Å². The van der Waals surface area contributed by atoms with Gasteiger partial charge in [0.25, 0.3) is 5.91 Å². The Morgan fingerprint density at radius 3 is 2.16 bits per heavy atom. The number of benzene rings is 1. The van der Waals surface area contributed by atoms with Gasteiger partial charge in [0.1, 0.15) is 24.2 Å². The van der Waals surface area contributed by atoms with E-state index in [9.17, 15) is 48.3 Å². The number of primary amides is 1. The Labute approximate surface area is 326 Å². The number of rotatable bonds is 13. The van der Waals surface area contributed by atoms with Crippen LogP contribution in [0.4, 0.5) is 0 Å². The largest absolute Gasteiger partial charge is 0.394 e. The van der Waals surface area contributed by atoms with Crippen LogP contribution in [0.25, 0.3) is 0 Å². The van der Waals surface area contributed by atoms with Gasteiger partial charge in [-0.3, -0.25) is 43.2 Å². The number of nitrogens with two attached hydrogens (primary N) is 1. The van der Waals surface area contributed by atoms with Gasteiger partial charge in [-0.05, 0) is 56.4 Å². The first-order valence-corrected chi connectivity index (χ1v) is 19.4. The molecule has 1 aromatic rings. The van der Waals surface area contributed by atoms with Crippen molar-refractivity contribution in [1.82, 2.24) is 37.2 Å². The van der Waals surface area contributed by atoms with E-state index in [1.54, 1.807) is 37.3 Å². The monoisotopic (exact) mass is 784 g/mol. The summed E-state index contributed by atoms with van der Waals surface area (Å²) in [5.74, 6) is -7.20. The second kappa shape index (κ2) is 23.5. The number of hydrogen-bond donors (Lipinski definition) is 9. The number of ketones is 1. The Kier molecular flexibility index (Phi) is 18.9. The maximum atomic E-state index is 14.0. The Balaban J connectivity index is 1.76. The van der Waals surface area contributed by atoms with E-state index >= 15 is 0 Å². The van der Waals surface area contributed by atoms with Gasteiger partial charge in [0, 0.05) is 19.4 Å². The molecule has 0 spiro atoms. The number of aliphatic hydroxyl groups excluding tert-OH is 1. The normalized spacial score (nSPS) is 21.9. The molecule has 18 heteroatoms. The number of amides is 8. The van der Waals surface area contributed by atoms with Crippen molar-refractivity contribution >= 4 is 53.0 Å². The number of carbonyl (C=O) groups excluding carboxylic acids is 9. The fourth-order valence-electron chi connectivity index (χ4n) is 6.72. The summed E-state index contributed by atoms with van der Waals surface area (Å²) in [6.45, 7) is 0.585. The van der Waals surface area contributed by atoms with Crippen molar-refractivity contribution in [3.63, 3.8) is 0 Å². The Bertz CT molecular complexity index is 1550. The standard InChI is InChI=1S/C38H56N8O10/c1-2-12-25(33(51)38(56)41-21-30(50)45-31(34(39)52)23-13-5-3-6-14-23)43-35(53)26-17-9-10-20-40-28(48)18-11-19-29(49)42-27(22-47)36(54)46-32(37(55)44-26)24-15-7-4-8-16-24/h3,5-6,13-14,24-27,31-32,47H,2,4,7-12,15-22H2,1H3,(H2,39,52)(H,40,48)(H,41,56)(H,42,49)(H,43,53)(H,44,55)(H,45,50)(H,46,54)/t25?,26-,27+,31-,32-/m0/s1. The molecule has 8 amide bonds. The van der Waals surface area contributed by atoms with Crippen LogP contribution in [0.3, 0.4) is 0 Å². The third-order valence-electron chi connectivity index (χ3n) is 9.78. The lowest BCUT2D eigenvalue weighted by Crippen LogP contribution is -2.60. The number of aliphatic hydroxyl groups is 1. The topological polar surface area (TPSA) is 284 Å². The van der Waals surface area contributed by atoms with E-state index in [-0.39, 0.29) is 50.5 Å². The lowest BCUT2D eigenvalue weighted by atomic mass is 9.83. The summed E-state index contributed by atoms with van der Waals surface area (Å²) in [6, 6.07) is 2.00. The van der Waals surface area contributed by atoms with E-state index in [1.807, 2.05) is 0 Å². The molecule has 1 aliphatic carbocycles. The first kappa shape index (κ1) is 45.0. The van der Waals surface area contributed by atoms with Crippen LogP contribution in [-0.2, 0) is 43.2 Å². The highest BCUT2D eigenvalue weighted by atomic mass is 16.3. The zero-order chi connectivity index (χ0) is 41.0. The Hall–Kier alpha value is -5.39. The van der Waals surface area contributed by atoms with Crippen LogP contribution in [0.2, 0.25) is 0 Å². The van der Waals surface area contributed by atoms with Crippen LogP contribution in [-0.4, -0.2) is 102 Å². The third-order valence-corrected chi connectivity index (χ3v) is 9.78. The lowest BCUT2D eigenvalue weighted by molar-refractivity contribution is -0.141. The van der Waals surface area contributed by atoms with Crippen LogP contribution in [0.15, 0.2) is 30.3 Å². The molecule has 0 aromatic heterocycles. The van der Waals surface area contributed by atoms with E-state index in [0.717, 1.165) is 19.3 Å². The minimum atomic E-state index is -1.36. The second-order valence-electron chi connectivity index (χ2n) is 14.2. The van der Waals surface area contributed by atoms with Gasteiger partial charge in [0.2, 0.25) is 47.1 Å². The molecule has 308 valence electrons. The van der Waals surface area contributed by atoms with Crippen LogP contribution < -0.4 is 43.0 Å². The van der Waals surface area contributed by atoms with Crippen LogP contribution in [0.1, 0.15) is 102 Å². The van der Waals surface area contributed by atoms with Crippen molar-refractivity contribution in [3.8, 4) is 0 Å². The van der Waals surface area contributed by atoms with E-state index in [1.165, 1.54) is 0 Å². The minimum Gasteiger partial charge on any atom is -0.394 e. The van der Waals surface area contributed by atoms with Crippen LogP contribution in [0, 0.1) is 5.92 Å².